The monoisotopic (exact) mass is 410 g/mol. The molecule has 2 rings (SSSR count). The summed E-state index contributed by atoms with van der Waals surface area (Å²) < 4.78 is 38.1. The van der Waals surface area contributed by atoms with Gasteiger partial charge in [-0.15, -0.1) is 11.8 Å². The first-order chi connectivity index (χ1) is 12.9. The van der Waals surface area contributed by atoms with Crippen molar-refractivity contribution in [3.8, 4) is 11.5 Å². The maximum atomic E-state index is 12.5. The summed E-state index contributed by atoms with van der Waals surface area (Å²) in [5.74, 6) is 0.984. The molecule has 2 aromatic rings. The average Bonchev–Trinajstić information content (AvgIpc) is 2.65. The lowest BCUT2D eigenvalue weighted by Crippen LogP contribution is -2.28. The van der Waals surface area contributed by atoms with Crippen LogP contribution < -0.4 is 19.5 Å². The van der Waals surface area contributed by atoms with Gasteiger partial charge in [-0.25, -0.2) is 13.1 Å². The van der Waals surface area contributed by atoms with E-state index < -0.39 is 10.0 Å². The molecule has 0 saturated carbocycles. The molecule has 0 aliphatic rings. The second-order valence-electron chi connectivity index (χ2n) is 5.47. The van der Waals surface area contributed by atoms with Crippen LogP contribution in [0.2, 0.25) is 0 Å². The first-order valence-corrected chi connectivity index (χ1v) is 10.8. The summed E-state index contributed by atoms with van der Waals surface area (Å²) in [6.45, 7) is 1.63. The van der Waals surface area contributed by atoms with Gasteiger partial charge in [-0.05, 0) is 36.6 Å². The lowest BCUT2D eigenvalue weighted by atomic mass is 10.3. The van der Waals surface area contributed by atoms with Crippen LogP contribution in [0.25, 0.3) is 0 Å². The zero-order chi connectivity index (χ0) is 19.9. The zero-order valence-electron chi connectivity index (χ0n) is 15.3. The number of rotatable bonds is 9. The van der Waals surface area contributed by atoms with E-state index in [4.69, 9.17) is 9.47 Å². The molecule has 0 aliphatic carbocycles. The minimum Gasteiger partial charge on any atom is -0.497 e. The lowest BCUT2D eigenvalue weighted by Gasteiger charge is -2.12. The second kappa shape index (κ2) is 9.63. The molecule has 2 N–H and O–H groups in total. The predicted octanol–water partition coefficient (Wildman–Crippen LogP) is 2.73. The molecule has 7 nitrogen and oxygen atoms in total. The molecule has 0 aliphatic heterocycles. The normalized spacial score (nSPS) is 11.1. The molecule has 146 valence electrons. The third-order valence-corrected chi connectivity index (χ3v) is 5.75. The SMILES string of the molecule is COc1cccc(OCCNS(=O)(=O)c2ccc(SC)c(NC(C)=O)c2)c1. The van der Waals surface area contributed by atoms with E-state index in [1.807, 2.05) is 6.26 Å². The molecule has 0 heterocycles. The summed E-state index contributed by atoms with van der Waals surface area (Å²) in [5.41, 5.74) is 0.463. The van der Waals surface area contributed by atoms with Crippen LogP contribution in [0.4, 0.5) is 5.69 Å². The van der Waals surface area contributed by atoms with Crippen molar-refractivity contribution >= 4 is 33.4 Å². The van der Waals surface area contributed by atoms with E-state index in [2.05, 4.69) is 10.0 Å². The molecule has 9 heteroatoms. The summed E-state index contributed by atoms with van der Waals surface area (Å²) in [6.07, 6.45) is 1.85. The van der Waals surface area contributed by atoms with Gasteiger partial charge in [0, 0.05) is 24.4 Å². The average molecular weight is 411 g/mol. The smallest absolute Gasteiger partial charge is 0.240 e. The van der Waals surface area contributed by atoms with Gasteiger partial charge in [-0.3, -0.25) is 4.79 Å². The van der Waals surface area contributed by atoms with Crippen molar-refractivity contribution in [2.75, 3.05) is 31.8 Å². The fraction of sp³-hybridized carbons (Fsp3) is 0.278. The van der Waals surface area contributed by atoms with Gasteiger partial charge in [-0.1, -0.05) is 6.07 Å². The van der Waals surface area contributed by atoms with Gasteiger partial charge in [0.25, 0.3) is 0 Å². The van der Waals surface area contributed by atoms with Gasteiger partial charge in [0.1, 0.15) is 18.1 Å². The van der Waals surface area contributed by atoms with Gasteiger partial charge in [0.05, 0.1) is 17.7 Å². The van der Waals surface area contributed by atoms with Crippen molar-refractivity contribution in [1.82, 2.24) is 4.72 Å². The van der Waals surface area contributed by atoms with Gasteiger partial charge >= 0.3 is 0 Å². The molecule has 27 heavy (non-hydrogen) atoms. The van der Waals surface area contributed by atoms with Crippen molar-refractivity contribution in [3.05, 3.63) is 42.5 Å². The van der Waals surface area contributed by atoms with Crippen molar-refractivity contribution in [2.45, 2.75) is 16.7 Å². The van der Waals surface area contributed by atoms with Crippen LogP contribution in [0.3, 0.4) is 0 Å². The lowest BCUT2D eigenvalue weighted by molar-refractivity contribution is -0.114. The summed E-state index contributed by atoms with van der Waals surface area (Å²) in [5, 5.41) is 2.65. The summed E-state index contributed by atoms with van der Waals surface area (Å²) in [7, 11) is -2.17. The van der Waals surface area contributed by atoms with Crippen molar-refractivity contribution in [3.63, 3.8) is 0 Å². The van der Waals surface area contributed by atoms with Crippen LogP contribution in [0.15, 0.2) is 52.3 Å². The molecule has 2 aromatic carbocycles. The number of methoxy groups -OCH3 is 1. The minimum absolute atomic E-state index is 0.0745. The number of thioether (sulfide) groups is 1. The molecule has 0 aromatic heterocycles. The number of anilines is 1. The van der Waals surface area contributed by atoms with Gasteiger partial charge in [0.2, 0.25) is 15.9 Å². The first-order valence-electron chi connectivity index (χ1n) is 8.08. The number of hydrogen-bond acceptors (Lipinski definition) is 6. The third-order valence-electron chi connectivity index (χ3n) is 3.50. The Balaban J connectivity index is 2.00. The highest BCUT2D eigenvalue weighted by Gasteiger charge is 2.16. The number of carbonyl (C=O) groups is 1. The van der Waals surface area contributed by atoms with E-state index in [1.165, 1.54) is 30.8 Å². The molecule has 0 unspecified atom stereocenters. The maximum Gasteiger partial charge on any atom is 0.240 e. The van der Waals surface area contributed by atoms with Crippen LogP contribution >= 0.6 is 11.8 Å². The number of sulfonamides is 1. The highest BCUT2D eigenvalue weighted by atomic mass is 32.2. The molecule has 0 spiro atoms. The van der Waals surface area contributed by atoms with E-state index in [0.717, 1.165) is 4.90 Å². The Morgan fingerprint density at radius 3 is 2.56 bits per heavy atom. The Bertz CT molecular complexity index is 900. The number of ether oxygens (including phenoxy) is 2. The van der Waals surface area contributed by atoms with Crippen molar-refractivity contribution < 1.29 is 22.7 Å². The standard InChI is InChI=1S/C18H22N2O5S2/c1-13(21)20-17-12-16(7-8-18(17)26-3)27(22,23)19-9-10-25-15-6-4-5-14(11-15)24-2/h4-8,11-12,19H,9-10H2,1-3H3,(H,20,21). The minimum atomic E-state index is -3.73. The van der Waals surface area contributed by atoms with Crippen LogP contribution in [-0.2, 0) is 14.8 Å². The summed E-state index contributed by atoms with van der Waals surface area (Å²) in [4.78, 5) is 12.2. The van der Waals surface area contributed by atoms with Gasteiger partial charge < -0.3 is 14.8 Å². The third kappa shape index (κ3) is 6.16. The Labute approximate surface area is 163 Å². The molecular formula is C18H22N2O5S2. The zero-order valence-corrected chi connectivity index (χ0v) is 16.9. The van der Waals surface area contributed by atoms with Crippen LogP contribution in [0.5, 0.6) is 11.5 Å². The Morgan fingerprint density at radius 1 is 1.15 bits per heavy atom. The maximum absolute atomic E-state index is 12.5. The molecule has 0 bridgehead atoms. The number of nitrogens with one attached hydrogen (secondary N) is 2. The molecule has 0 fully saturated rings. The fourth-order valence-electron chi connectivity index (χ4n) is 2.26. The molecule has 0 atom stereocenters. The number of hydrogen-bond donors (Lipinski definition) is 2. The van der Waals surface area contributed by atoms with E-state index in [-0.39, 0.29) is 24.0 Å². The van der Waals surface area contributed by atoms with E-state index in [9.17, 15) is 13.2 Å². The van der Waals surface area contributed by atoms with E-state index in [1.54, 1.807) is 37.4 Å². The Hall–Kier alpha value is -2.23. The van der Waals surface area contributed by atoms with Crippen LogP contribution in [-0.4, -0.2) is 40.8 Å². The molecule has 1 amide bonds. The second-order valence-corrected chi connectivity index (χ2v) is 8.08. The predicted molar refractivity (Wildman–Crippen MR) is 106 cm³/mol. The first kappa shape index (κ1) is 21.1. The number of carbonyl (C=O) groups excluding carboxylic acids is 1. The van der Waals surface area contributed by atoms with Crippen molar-refractivity contribution in [2.24, 2.45) is 0 Å². The van der Waals surface area contributed by atoms with Gasteiger partial charge in [-0.2, -0.15) is 0 Å². The van der Waals surface area contributed by atoms with E-state index >= 15 is 0 Å². The van der Waals surface area contributed by atoms with E-state index in [0.29, 0.717) is 17.2 Å². The van der Waals surface area contributed by atoms with Crippen LogP contribution in [0, 0.1) is 0 Å². The Kier molecular flexibility index (Phi) is 7.52. The fourth-order valence-corrected chi connectivity index (χ4v) is 3.83. The quantitative estimate of drug-likeness (QED) is 0.488. The highest BCUT2D eigenvalue weighted by molar-refractivity contribution is 7.98. The number of amides is 1. The Morgan fingerprint density at radius 2 is 1.89 bits per heavy atom. The molecule has 0 radical (unpaired) electrons. The number of benzene rings is 2. The largest absolute Gasteiger partial charge is 0.497 e. The summed E-state index contributed by atoms with van der Waals surface area (Å²) >= 11 is 1.42. The van der Waals surface area contributed by atoms with Gasteiger partial charge in [0.15, 0.2) is 0 Å². The molecular weight excluding hydrogens is 388 g/mol. The topological polar surface area (TPSA) is 93.7 Å². The van der Waals surface area contributed by atoms with Crippen molar-refractivity contribution in [1.29, 1.82) is 0 Å². The highest BCUT2D eigenvalue weighted by Crippen LogP contribution is 2.28. The molecule has 0 saturated heterocycles. The summed E-state index contributed by atoms with van der Waals surface area (Å²) in [6, 6.07) is 11.7. The van der Waals surface area contributed by atoms with Crippen LogP contribution in [0.1, 0.15) is 6.92 Å².